The molecule has 102 valence electrons. The lowest BCUT2D eigenvalue weighted by Crippen LogP contribution is -2.12. The number of carbonyl (C=O) groups is 1. The van der Waals surface area contributed by atoms with Crippen molar-refractivity contribution in [2.45, 2.75) is 26.7 Å². The number of esters is 1. The molecule has 0 aliphatic rings. The third-order valence-electron chi connectivity index (χ3n) is 3.06. The number of nitrogens with two attached hydrogens (primary N) is 1. The summed E-state index contributed by atoms with van der Waals surface area (Å²) in [4.78, 5) is 12.0. The minimum absolute atomic E-state index is 0.297. The van der Waals surface area contributed by atoms with Crippen molar-refractivity contribution in [3.05, 3.63) is 23.9 Å². The Morgan fingerprint density at radius 2 is 2.32 bits per heavy atom. The van der Waals surface area contributed by atoms with Crippen molar-refractivity contribution in [1.29, 1.82) is 0 Å². The van der Waals surface area contributed by atoms with Crippen molar-refractivity contribution in [3.63, 3.8) is 0 Å². The molecule has 5 nitrogen and oxygen atoms in total. The van der Waals surface area contributed by atoms with Crippen molar-refractivity contribution in [1.82, 2.24) is 10.2 Å². The molecule has 2 aromatic rings. The molecule has 0 saturated carbocycles. The van der Waals surface area contributed by atoms with Crippen LogP contribution in [0.2, 0.25) is 0 Å². The van der Waals surface area contributed by atoms with Crippen LogP contribution in [0, 0.1) is 5.92 Å². The number of rotatable bonds is 5. The van der Waals surface area contributed by atoms with Gasteiger partial charge in [-0.25, -0.2) is 4.79 Å². The monoisotopic (exact) mass is 261 g/mol. The first-order valence-corrected chi connectivity index (χ1v) is 6.52. The van der Waals surface area contributed by atoms with Crippen LogP contribution in [0.4, 0.5) is 5.69 Å². The highest BCUT2D eigenvalue weighted by Crippen LogP contribution is 2.19. The number of ether oxygens (including phenoxy) is 1. The summed E-state index contributed by atoms with van der Waals surface area (Å²) in [5.74, 6) is -0.0379. The zero-order valence-corrected chi connectivity index (χ0v) is 11.3. The quantitative estimate of drug-likeness (QED) is 0.640. The molecule has 0 radical (unpaired) electrons. The van der Waals surface area contributed by atoms with Gasteiger partial charge < -0.3 is 10.5 Å². The van der Waals surface area contributed by atoms with Gasteiger partial charge in [-0.05, 0) is 30.5 Å². The molecule has 0 fully saturated rings. The van der Waals surface area contributed by atoms with E-state index in [4.69, 9.17) is 10.5 Å². The first-order chi connectivity index (χ1) is 9.11. The highest BCUT2D eigenvalue weighted by molar-refractivity contribution is 6.02. The fraction of sp³-hybridized carbons (Fsp3) is 0.429. The van der Waals surface area contributed by atoms with E-state index in [1.807, 2.05) is 0 Å². The van der Waals surface area contributed by atoms with Crippen LogP contribution in [0.15, 0.2) is 18.2 Å². The predicted molar refractivity (Wildman–Crippen MR) is 74.9 cm³/mol. The fourth-order valence-electron chi connectivity index (χ4n) is 2.05. The number of fused-ring (bicyclic) bond motifs is 1. The average Bonchev–Trinajstić information content (AvgIpc) is 2.79. The van der Waals surface area contributed by atoms with Gasteiger partial charge in [-0.15, -0.1) is 0 Å². The van der Waals surface area contributed by atoms with E-state index in [0.29, 0.717) is 29.3 Å². The topological polar surface area (TPSA) is 81.0 Å². The Hall–Kier alpha value is -2.04. The molecule has 1 atom stereocenters. The lowest BCUT2D eigenvalue weighted by Gasteiger charge is -2.09. The molecular weight excluding hydrogens is 242 g/mol. The van der Waals surface area contributed by atoms with Crippen LogP contribution >= 0.6 is 0 Å². The number of benzene rings is 1. The minimum atomic E-state index is -0.403. The van der Waals surface area contributed by atoms with Crippen molar-refractivity contribution >= 4 is 22.6 Å². The number of H-pyrrole nitrogens is 1. The zero-order chi connectivity index (χ0) is 13.8. The third-order valence-corrected chi connectivity index (χ3v) is 3.06. The van der Waals surface area contributed by atoms with Crippen molar-refractivity contribution < 1.29 is 9.53 Å². The van der Waals surface area contributed by atoms with E-state index in [-0.39, 0.29) is 0 Å². The summed E-state index contributed by atoms with van der Waals surface area (Å²) in [5, 5.41) is 7.51. The minimum Gasteiger partial charge on any atom is -0.461 e. The number of nitrogen functional groups attached to an aromatic ring is 1. The van der Waals surface area contributed by atoms with Crippen LogP contribution in [0.1, 0.15) is 37.2 Å². The molecule has 0 aliphatic carbocycles. The molecule has 1 aromatic heterocycles. The number of nitrogens with one attached hydrogen (secondary N) is 1. The second-order valence-corrected chi connectivity index (χ2v) is 4.87. The van der Waals surface area contributed by atoms with Crippen molar-refractivity contribution in [2.75, 3.05) is 12.3 Å². The lowest BCUT2D eigenvalue weighted by atomic mass is 10.1. The Morgan fingerprint density at radius 1 is 1.53 bits per heavy atom. The fourth-order valence-corrected chi connectivity index (χ4v) is 2.05. The number of aromatic nitrogens is 2. The van der Waals surface area contributed by atoms with Gasteiger partial charge in [0.25, 0.3) is 0 Å². The van der Waals surface area contributed by atoms with Gasteiger partial charge in [0.2, 0.25) is 0 Å². The number of nitrogens with zero attached hydrogens (tertiary/aromatic N) is 1. The largest absolute Gasteiger partial charge is 0.461 e. The molecule has 2 rings (SSSR count). The Kier molecular flexibility index (Phi) is 4.04. The first-order valence-electron chi connectivity index (χ1n) is 6.52. The van der Waals surface area contributed by atoms with Gasteiger partial charge in [0.05, 0.1) is 12.1 Å². The second-order valence-electron chi connectivity index (χ2n) is 4.87. The normalized spacial score (nSPS) is 12.5. The van der Waals surface area contributed by atoms with Crippen molar-refractivity contribution in [2.24, 2.45) is 5.92 Å². The van der Waals surface area contributed by atoms with E-state index < -0.39 is 5.97 Å². The average molecular weight is 261 g/mol. The number of carbonyl (C=O) groups excluding carboxylic acids is 1. The molecule has 0 bridgehead atoms. The first kappa shape index (κ1) is 13.4. The number of aromatic amines is 1. The summed E-state index contributed by atoms with van der Waals surface area (Å²) in [6.07, 6.45) is 2.13. The Bertz CT molecular complexity index is 577. The van der Waals surface area contributed by atoms with Gasteiger partial charge in [0.15, 0.2) is 5.69 Å². The van der Waals surface area contributed by atoms with Gasteiger partial charge in [-0.1, -0.05) is 20.3 Å². The molecule has 1 aromatic carbocycles. The molecule has 1 unspecified atom stereocenters. The SMILES string of the molecule is CCCC(C)COC(=O)c1n[nH]c2ccc(N)cc12. The van der Waals surface area contributed by atoms with Crippen LogP contribution in [-0.2, 0) is 4.74 Å². The van der Waals surface area contributed by atoms with E-state index in [1.165, 1.54) is 0 Å². The van der Waals surface area contributed by atoms with Gasteiger partial charge in [-0.3, -0.25) is 5.10 Å². The predicted octanol–water partition coefficient (Wildman–Crippen LogP) is 2.74. The maximum Gasteiger partial charge on any atom is 0.359 e. The highest BCUT2D eigenvalue weighted by Gasteiger charge is 2.16. The maximum absolute atomic E-state index is 12.0. The zero-order valence-electron chi connectivity index (χ0n) is 11.3. The van der Waals surface area contributed by atoms with E-state index >= 15 is 0 Å². The molecule has 3 N–H and O–H groups in total. The molecule has 5 heteroatoms. The van der Waals surface area contributed by atoms with Crippen LogP contribution in [-0.4, -0.2) is 22.8 Å². The van der Waals surface area contributed by atoms with E-state index in [9.17, 15) is 4.79 Å². The molecule has 0 aliphatic heterocycles. The maximum atomic E-state index is 12.0. The number of hydrogen-bond donors (Lipinski definition) is 2. The standard InChI is InChI=1S/C14H19N3O2/c1-3-4-9(2)8-19-14(18)13-11-7-10(15)5-6-12(11)16-17-13/h5-7,9H,3-4,8,15H2,1-2H3,(H,16,17). The number of hydrogen-bond acceptors (Lipinski definition) is 4. The molecule has 19 heavy (non-hydrogen) atoms. The molecular formula is C14H19N3O2. The number of anilines is 1. The van der Waals surface area contributed by atoms with Gasteiger partial charge in [-0.2, -0.15) is 5.10 Å². The van der Waals surface area contributed by atoms with E-state index in [0.717, 1.165) is 18.4 Å². The van der Waals surface area contributed by atoms with Gasteiger partial charge in [0, 0.05) is 11.1 Å². The van der Waals surface area contributed by atoms with E-state index in [2.05, 4.69) is 24.0 Å². The summed E-state index contributed by atoms with van der Waals surface area (Å²) < 4.78 is 5.29. The summed E-state index contributed by atoms with van der Waals surface area (Å²) in [7, 11) is 0. The van der Waals surface area contributed by atoms with Crippen LogP contribution < -0.4 is 5.73 Å². The van der Waals surface area contributed by atoms with Crippen LogP contribution in [0.5, 0.6) is 0 Å². The highest BCUT2D eigenvalue weighted by atomic mass is 16.5. The Balaban J connectivity index is 2.11. The van der Waals surface area contributed by atoms with Crippen LogP contribution in [0.3, 0.4) is 0 Å². The van der Waals surface area contributed by atoms with Gasteiger partial charge >= 0.3 is 5.97 Å². The lowest BCUT2D eigenvalue weighted by molar-refractivity contribution is 0.0439. The Labute approximate surface area is 112 Å². The molecule has 1 heterocycles. The third kappa shape index (κ3) is 3.05. The van der Waals surface area contributed by atoms with Gasteiger partial charge in [0.1, 0.15) is 0 Å². The molecule has 0 saturated heterocycles. The molecule has 0 spiro atoms. The summed E-state index contributed by atoms with van der Waals surface area (Å²) in [6, 6.07) is 5.29. The second kappa shape index (κ2) is 5.73. The summed E-state index contributed by atoms with van der Waals surface area (Å²) in [6.45, 7) is 4.60. The summed E-state index contributed by atoms with van der Waals surface area (Å²) >= 11 is 0. The molecule has 0 amide bonds. The summed E-state index contributed by atoms with van der Waals surface area (Å²) in [5.41, 5.74) is 7.40. The van der Waals surface area contributed by atoms with E-state index in [1.54, 1.807) is 18.2 Å². The Morgan fingerprint density at radius 3 is 3.05 bits per heavy atom. The van der Waals surface area contributed by atoms with Crippen molar-refractivity contribution in [3.8, 4) is 0 Å². The van der Waals surface area contributed by atoms with Crippen LogP contribution in [0.25, 0.3) is 10.9 Å². The smallest absolute Gasteiger partial charge is 0.359 e.